The Kier molecular flexibility index (Phi) is 4.72. The van der Waals surface area contributed by atoms with Gasteiger partial charge in [-0.05, 0) is 36.8 Å². The topological polar surface area (TPSA) is 49.9 Å². The molecule has 0 N–H and O–H groups in total. The average molecular weight is 356 g/mol. The molecule has 0 fully saturated rings. The van der Waals surface area contributed by atoms with Crippen LogP contribution >= 0.6 is 12.2 Å². The van der Waals surface area contributed by atoms with E-state index in [2.05, 4.69) is 0 Å². The largest absolute Gasteiger partial charge is 0.431 e. The summed E-state index contributed by atoms with van der Waals surface area (Å²) in [6, 6.07) is 8.86. The van der Waals surface area contributed by atoms with E-state index >= 15 is 0 Å². The quantitative estimate of drug-likeness (QED) is 0.620. The Hall–Kier alpha value is -2.47. The van der Waals surface area contributed by atoms with Crippen LogP contribution < -0.4 is 4.74 Å². The van der Waals surface area contributed by atoms with Crippen molar-refractivity contribution < 1.29 is 14.3 Å². The second-order valence-corrected chi connectivity index (χ2v) is 6.57. The maximum atomic E-state index is 12.8. The number of thiocarbonyl (C=S) groups is 1. The number of rotatable bonds is 4. The molecule has 3 rings (SSSR count). The number of hydrogen-bond donors (Lipinski definition) is 0. The highest BCUT2D eigenvalue weighted by Gasteiger charge is 2.33. The van der Waals surface area contributed by atoms with Crippen LogP contribution in [-0.4, -0.2) is 47.4 Å². The molecule has 0 bridgehead atoms. The van der Waals surface area contributed by atoms with Gasteiger partial charge in [-0.3, -0.25) is 14.5 Å². The molecule has 0 saturated carbocycles. The van der Waals surface area contributed by atoms with Crippen molar-refractivity contribution in [3.63, 3.8) is 0 Å². The zero-order chi connectivity index (χ0) is 18.1. The van der Waals surface area contributed by atoms with Crippen molar-refractivity contribution in [3.05, 3.63) is 41.5 Å². The summed E-state index contributed by atoms with van der Waals surface area (Å²) >= 11 is 5.21. The lowest BCUT2D eigenvalue weighted by molar-refractivity contribution is 0.0608. The molecule has 1 aliphatic heterocycles. The highest BCUT2D eigenvalue weighted by atomic mass is 32.1. The molecule has 2 aromatic rings. The lowest BCUT2D eigenvalue weighted by Gasteiger charge is -2.27. The highest BCUT2D eigenvalue weighted by Crippen LogP contribution is 2.35. The third-order valence-corrected chi connectivity index (χ3v) is 4.70. The van der Waals surface area contributed by atoms with Gasteiger partial charge in [-0.2, -0.15) is 0 Å². The van der Waals surface area contributed by atoms with Gasteiger partial charge >= 0.3 is 0 Å². The third kappa shape index (κ3) is 2.98. The number of carbonyl (C=O) groups is 2. The summed E-state index contributed by atoms with van der Waals surface area (Å²) in [6.45, 7) is 2.47. The number of imide groups is 1. The predicted molar refractivity (Wildman–Crippen MR) is 101 cm³/mol. The number of ether oxygens (including phenoxy) is 1. The molecule has 0 atom stereocenters. The highest BCUT2D eigenvalue weighted by molar-refractivity contribution is 7.80. The fraction of sp³-hybridized carbons (Fsp3) is 0.316. The van der Waals surface area contributed by atoms with Crippen LogP contribution in [-0.2, 0) is 0 Å². The van der Waals surface area contributed by atoms with Crippen LogP contribution in [0.4, 0.5) is 0 Å². The van der Waals surface area contributed by atoms with Gasteiger partial charge < -0.3 is 9.64 Å². The molecule has 6 heteroatoms. The first-order valence-corrected chi connectivity index (χ1v) is 8.67. The maximum absolute atomic E-state index is 12.8. The Morgan fingerprint density at radius 2 is 1.80 bits per heavy atom. The molecule has 1 aliphatic rings. The van der Waals surface area contributed by atoms with Crippen molar-refractivity contribution in [2.75, 3.05) is 20.6 Å². The van der Waals surface area contributed by atoms with Gasteiger partial charge in [0.25, 0.3) is 17.0 Å². The van der Waals surface area contributed by atoms with E-state index in [1.54, 1.807) is 43.3 Å². The molecule has 130 valence electrons. The average Bonchev–Trinajstić information content (AvgIpc) is 2.60. The molecule has 25 heavy (non-hydrogen) atoms. The second-order valence-electron chi connectivity index (χ2n) is 6.22. The van der Waals surface area contributed by atoms with Crippen LogP contribution in [0.15, 0.2) is 30.3 Å². The van der Waals surface area contributed by atoms with Gasteiger partial charge in [-0.25, -0.2) is 0 Å². The molecule has 0 aromatic heterocycles. The van der Waals surface area contributed by atoms with Crippen molar-refractivity contribution in [2.45, 2.75) is 19.8 Å². The van der Waals surface area contributed by atoms with Crippen LogP contribution in [0.1, 0.15) is 40.5 Å². The van der Waals surface area contributed by atoms with Crippen LogP contribution in [0.3, 0.4) is 0 Å². The SMILES string of the molecule is CCCCN1C(=O)c2cccc3c(OC(=S)N(C)C)ccc(c23)C1=O. The molecule has 2 aromatic carbocycles. The minimum absolute atomic E-state index is 0.246. The monoisotopic (exact) mass is 356 g/mol. The van der Waals surface area contributed by atoms with Gasteiger partial charge in [0.05, 0.1) is 0 Å². The lowest BCUT2D eigenvalue weighted by atomic mass is 9.93. The summed E-state index contributed by atoms with van der Waals surface area (Å²) in [5, 5.41) is 1.68. The van der Waals surface area contributed by atoms with Crippen LogP contribution in [0.2, 0.25) is 0 Å². The van der Waals surface area contributed by atoms with E-state index in [9.17, 15) is 9.59 Å². The van der Waals surface area contributed by atoms with Crippen molar-refractivity contribution in [1.29, 1.82) is 0 Å². The first-order valence-electron chi connectivity index (χ1n) is 8.26. The first kappa shape index (κ1) is 17.4. The summed E-state index contributed by atoms with van der Waals surface area (Å²) < 4.78 is 5.75. The minimum Gasteiger partial charge on any atom is -0.431 e. The van der Waals surface area contributed by atoms with Crippen LogP contribution in [0.5, 0.6) is 5.75 Å². The van der Waals surface area contributed by atoms with Crippen molar-refractivity contribution in [2.24, 2.45) is 0 Å². The molecule has 0 aliphatic carbocycles. The normalized spacial score (nSPS) is 13.3. The standard InChI is InChI=1S/C19H20N2O3S/c1-4-5-11-21-17(22)13-8-6-7-12-15(24-19(25)20(2)3)10-9-14(16(12)13)18(21)23/h6-10H,4-5,11H2,1-3H3. The Morgan fingerprint density at radius 1 is 1.12 bits per heavy atom. The number of benzene rings is 2. The fourth-order valence-electron chi connectivity index (χ4n) is 2.91. The molecule has 0 spiro atoms. The third-order valence-electron chi connectivity index (χ3n) is 4.25. The summed E-state index contributed by atoms with van der Waals surface area (Å²) in [5.41, 5.74) is 1.06. The first-order chi connectivity index (χ1) is 12.0. The Labute approximate surface area is 152 Å². The van der Waals surface area contributed by atoms with Gasteiger partial charge in [-0.1, -0.05) is 25.5 Å². The smallest absolute Gasteiger partial charge is 0.264 e. The van der Waals surface area contributed by atoms with E-state index < -0.39 is 0 Å². The molecular weight excluding hydrogens is 336 g/mol. The van der Waals surface area contributed by atoms with E-state index in [0.717, 1.165) is 18.2 Å². The lowest BCUT2D eigenvalue weighted by Crippen LogP contribution is -2.40. The Bertz CT molecular complexity index is 854. The van der Waals surface area contributed by atoms with Crippen LogP contribution in [0.25, 0.3) is 10.8 Å². The van der Waals surface area contributed by atoms with E-state index in [1.165, 1.54) is 4.90 Å². The maximum Gasteiger partial charge on any atom is 0.264 e. The molecule has 0 unspecified atom stereocenters. The molecular formula is C19H20N2O3S. The molecule has 1 heterocycles. The molecule has 5 nitrogen and oxygen atoms in total. The number of amides is 2. The van der Waals surface area contributed by atoms with Crippen LogP contribution in [0, 0.1) is 0 Å². The van der Waals surface area contributed by atoms with Gasteiger partial charge in [0.15, 0.2) is 0 Å². The van der Waals surface area contributed by atoms with E-state index in [1.807, 2.05) is 13.0 Å². The number of unbranched alkanes of at least 4 members (excludes halogenated alkanes) is 1. The minimum atomic E-state index is -0.246. The fourth-order valence-corrected chi connectivity index (χ4v) is 3.00. The number of hydrogen-bond acceptors (Lipinski definition) is 4. The number of nitrogens with zero attached hydrogens (tertiary/aromatic N) is 2. The zero-order valence-electron chi connectivity index (χ0n) is 14.5. The van der Waals surface area contributed by atoms with Gasteiger partial charge in [0.2, 0.25) is 0 Å². The second kappa shape index (κ2) is 6.80. The van der Waals surface area contributed by atoms with Gasteiger partial charge in [-0.15, -0.1) is 0 Å². The Morgan fingerprint density at radius 3 is 2.44 bits per heavy atom. The van der Waals surface area contributed by atoms with Gasteiger partial charge in [0, 0.05) is 42.5 Å². The molecule has 0 radical (unpaired) electrons. The van der Waals surface area contributed by atoms with E-state index in [4.69, 9.17) is 17.0 Å². The number of carbonyl (C=O) groups excluding carboxylic acids is 2. The molecule has 0 saturated heterocycles. The predicted octanol–water partition coefficient (Wildman–Crippen LogP) is 3.46. The molecule has 2 amide bonds. The van der Waals surface area contributed by atoms with Gasteiger partial charge in [0.1, 0.15) is 5.75 Å². The van der Waals surface area contributed by atoms with Crippen molar-refractivity contribution in [1.82, 2.24) is 9.80 Å². The summed E-state index contributed by atoms with van der Waals surface area (Å²) in [4.78, 5) is 28.6. The Balaban J connectivity index is 2.12. The summed E-state index contributed by atoms with van der Waals surface area (Å²) in [7, 11) is 3.60. The van der Waals surface area contributed by atoms with Crippen molar-refractivity contribution >= 4 is 40.0 Å². The summed E-state index contributed by atoms with van der Waals surface area (Å²) in [6.07, 6.45) is 1.71. The van der Waals surface area contributed by atoms with Crippen molar-refractivity contribution in [3.8, 4) is 5.75 Å². The van der Waals surface area contributed by atoms with E-state index in [0.29, 0.717) is 34.0 Å². The summed E-state index contributed by atoms with van der Waals surface area (Å²) in [5.74, 6) is 0.0506. The van der Waals surface area contributed by atoms with E-state index in [-0.39, 0.29) is 11.8 Å². The zero-order valence-corrected chi connectivity index (χ0v) is 15.4.